The predicted molar refractivity (Wildman–Crippen MR) is 155 cm³/mol. The number of para-hydroxylation sites is 2. The van der Waals surface area contributed by atoms with Gasteiger partial charge in [-0.2, -0.15) is 0 Å². The summed E-state index contributed by atoms with van der Waals surface area (Å²) in [4.78, 5) is 9.43. The third kappa shape index (κ3) is 4.93. The molecule has 2 atom stereocenters. The second-order valence-electron chi connectivity index (χ2n) is 8.84. The Morgan fingerprint density at radius 2 is 1.00 bits per heavy atom. The molecule has 0 amide bonds. The molecule has 0 radical (unpaired) electrons. The number of ether oxygens (including phenoxy) is 2. The van der Waals surface area contributed by atoms with E-state index in [0.29, 0.717) is 24.9 Å². The molecule has 1 aromatic heterocycles. The average Bonchev–Trinajstić information content (AvgIpc) is 3.73. The van der Waals surface area contributed by atoms with Crippen molar-refractivity contribution in [2.24, 2.45) is 9.98 Å². The van der Waals surface area contributed by atoms with Gasteiger partial charge >= 0.3 is 39.3 Å². The molecule has 0 bridgehead atoms. The van der Waals surface area contributed by atoms with Crippen molar-refractivity contribution < 1.29 is 24.8 Å². The zero-order valence-electron chi connectivity index (χ0n) is 20.0. The molecule has 0 fully saturated rings. The Bertz CT molecular complexity index is 1520. The van der Waals surface area contributed by atoms with E-state index in [0.717, 1.165) is 44.2 Å². The van der Waals surface area contributed by atoms with E-state index in [1.807, 2.05) is 60.7 Å². The van der Waals surface area contributed by atoms with Crippen molar-refractivity contribution in [3.8, 4) is 0 Å². The molecular formula is C30H22Br2N2NiO3. The van der Waals surface area contributed by atoms with E-state index in [4.69, 9.17) is 23.9 Å². The van der Waals surface area contributed by atoms with E-state index >= 15 is 0 Å². The molecule has 3 heterocycles. The SMILES string of the molecule is [Br][Ni][Br].c1ccc(C2CN=C(c3cccc4c3oc3c(C5=NCC(c6ccccc6)O5)cccc34)O2)cc1. The van der Waals surface area contributed by atoms with Gasteiger partial charge in [0.05, 0.1) is 24.2 Å². The van der Waals surface area contributed by atoms with Crippen molar-refractivity contribution in [3.63, 3.8) is 0 Å². The maximum atomic E-state index is 6.50. The normalized spacial score (nSPS) is 18.5. The zero-order valence-corrected chi connectivity index (χ0v) is 24.2. The summed E-state index contributed by atoms with van der Waals surface area (Å²) in [6.07, 6.45) is -0.171. The van der Waals surface area contributed by atoms with Crippen molar-refractivity contribution in [3.05, 3.63) is 119 Å². The third-order valence-electron chi connectivity index (χ3n) is 6.64. The predicted octanol–water partition coefficient (Wildman–Crippen LogP) is 8.31. The number of fused-ring (bicyclic) bond motifs is 3. The van der Waals surface area contributed by atoms with Gasteiger partial charge in [0.1, 0.15) is 23.4 Å². The standard InChI is InChI=1S/C30H22N2O3.2BrH.Ni/c1-3-9-19(10-4-1)25-17-31-29(33-25)23-15-7-13-21-22-14-8-16-24(28(22)35-27(21)23)30-32-18-26(34-30)20-11-5-2-6-12-20;;;/h1-16,25-26H,17-18H2;2*1H;/q;;;+2/p-2. The van der Waals surface area contributed by atoms with Gasteiger partial charge in [-0.05, 0) is 23.3 Å². The van der Waals surface area contributed by atoms with E-state index in [1.54, 1.807) is 0 Å². The van der Waals surface area contributed by atoms with Crippen LogP contribution in [-0.2, 0) is 20.4 Å². The molecule has 0 spiro atoms. The van der Waals surface area contributed by atoms with Gasteiger partial charge in [-0.15, -0.1) is 0 Å². The monoisotopic (exact) mass is 674 g/mol. The number of halogens is 2. The van der Waals surface area contributed by atoms with Gasteiger partial charge in [0, 0.05) is 10.8 Å². The summed E-state index contributed by atoms with van der Waals surface area (Å²) in [5.74, 6) is 1.23. The first kappa shape index (κ1) is 25.4. The fourth-order valence-electron chi connectivity index (χ4n) is 4.89. The topological polar surface area (TPSA) is 56.3 Å². The Hall–Kier alpha value is -2.93. The van der Waals surface area contributed by atoms with Crippen molar-refractivity contribution in [1.82, 2.24) is 0 Å². The van der Waals surface area contributed by atoms with E-state index in [-0.39, 0.29) is 12.2 Å². The van der Waals surface area contributed by atoms with Crippen LogP contribution in [0.5, 0.6) is 0 Å². The summed E-state index contributed by atoms with van der Waals surface area (Å²) >= 11 is 6.00. The number of furan rings is 1. The van der Waals surface area contributed by atoms with Gasteiger partial charge < -0.3 is 13.9 Å². The van der Waals surface area contributed by atoms with Crippen LogP contribution in [0.4, 0.5) is 0 Å². The van der Waals surface area contributed by atoms with Crippen LogP contribution in [0.3, 0.4) is 0 Å². The summed E-state index contributed by atoms with van der Waals surface area (Å²) in [6, 6.07) is 32.6. The Kier molecular flexibility index (Phi) is 7.64. The number of nitrogens with zero attached hydrogens (tertiary/aromatic N) is 2. The minimum Gasteiger partial charge on any atom is -0.467 e. The molecule has 5 aromatic rings. The smallest absolute Gasteiger partial charge is 0.220 e. The molecule has 5 nitrogen and oxygen atoms in total. The van der Waals surface area contributed by atoms with Crippen LogP contribution in [-0.4, -0.2) is 24.9 Å². The summed E-state index contributed by atoms with van der Waals surface area (Å²) in [5, 5.41) is 2.04. The third-order valence-corrected chi connectivity index (χ3v) is 6.64. The first-order valence-electron chi connectivity index (χ1n) is 12.1. The summed E-state index contributed by atoms with van der Waals surface area (Å²) < 4.78 is 19.0. The van der Waals surface area contributed by atoms with Crippen LogP contribution in [0.15, 0.2) is 111 Å². The molecule has 2 unspecified atom stereocenters. The van der Waals surface area contributed by atoms with Crippen LogP contribution >= 0.6 is 28.5 Å². The van der Waals surface area contributed by atoms with Gasteiger partial charge in [-0.1, -0.05) is 84.9 Å². The summed E-state index contributed by atoms with van der Waals surface area (Å²) in [7, 11) is 1.25. The number of rotatable bonds is 4. The number of hydrogen-bond donors (Lipinski definition) is 0. The molecule has 8 heteroatoms. The van der Waals surface area contributed by atoms with Crippen LogP contribution in [0, 0.1) is 0 Å². The molecule has 38 heavy (non-hydrogen) atoms. The molecule has 7 rings (SSSR count). The summed E-state index contributed by atoms with van der Waals surface area (Å²) in [6.45, 7) is 1.18. The van der Waals surface area contributed by atoms with Gasteiger partial charge in [-0.25, -0.2) is 9.98 Å². The van der Waals surface area contributed by atoms with Crippen LogP contribution in [0.2, 0.25) is 0 Å². The van der Waals surface area contributed by atoms with Crippen molar-refractivity contribution in [2.45, 2.75) is 12.2 Å². The Morgan fingerprint density at radius 3 is 1.42 bits per heavy atom. The maximum Gasteiger partial charge on any atom is 0.220 e. The van der Waals surface area contributed by atoms with Gasteiger partial charge in [0.15, 0.2) is 0 Å². The van der Waals surface area contributed by atoms with Crippen LogP contribution in [0.25, 0.3) is 21.9 Å². The first-order valence-corrected chi connectivity index (χ1v) is 16.9. The van der Waals surface area contributed by atoms with Crippen molar-refractivity contribution in [2.75, 3.05) is 13.1 Å². The molecule has 0 saturated heterocycles. The number of hydrogen-bond acceptors (Lipinski definition) is 5. The number of benzene rings is 4. The van der Waals surface area contributed by atoms with Crippen molar-refractivity contribution >= 4 is 62.2 Å². The quantitative estimate of drug-likeness (QED) is 0.180. The fourth-order valence-corrected chi connectivity index (χ4v) is 4.89. The molecule has 194 valence electrons. The van der Waals surface area contributed by atoms with Gasteiger partial charge in [-0.3, -0.25) is 0 Å². The Morgan fingerprint density at radius 1 is 0.579 bits per heavy atom. The van der Waals surface area contributed by atoms with Gasteiger partial charge in [0.2, 0.25) is 11.8 Å². The Labute approximate surface area is 240 Å². The van der Waals surface area contributed by atoms with E-state index in [2.05, 4.69) is 64.8 Å². The van der Waals surface area contributed by atoms with E-state index < -0.39 is 0 Å². The average molecular weight is 677 g/mol. The molecule has 0 saturated carbocycles. The Balaban J connectivity index is 0.000000843. The minimum atomic E-state index is -0.0856. The van der Waals surface area contributed by atoms with Crippen LogP contribution < -0.4 is 0 Å². The zero-order chi connectivity index (χ0) is 25.9. The maximum absolute atomic E-state index is 6.50. The number of aliphatic imine (C=N–C) groups is 2. The van der Waals surface area contributed by atoms with Crippen molar-refractivity contribution in [1.29, 1.82) is 0 Å². The van der Waals surface area contributed by atoms with Gasteiger partial charge in [0.25, 0.3) is 0 Å². The molecule has 0 N–H and O–H groups in total. The molecule has 0 aliphatic carbocycles. The minimum absolute atomic E-state index is 0.0856. The van der Waals surface area contributed by atoms with E-state index in [1.165, 1.54) is 10.9 Å². The largest absolute Gasteiger partial charge is 0.467 e. The first-order chi connectivity index (χ1) is 18.8. The van der Waals surface area contributed by atoms with E-state index in [9.17, 15) is 0 Å². The second kappa shape index (κ2) is 11.4. The fraction of sp³-hybridized carbons (Fsp3) is 0.133. The van der Waals surface area contributed by atoms with Crippen LogP contribution in [0.1, 0.15) is 34.5 Å². The molecule has 2 aliphatic heterocycles. The molecule has 4 aromatic carbocycles. The second-order valence-corrected chi connectivity index (χ2v) is 13.8. The molecular weight excluding hydrogens is 655 g/mol. The molecule has 2 aliphatic rings. The summed E-state index contributed by atoms with van der Waals surface area (Å²) in [5.41, 5.74) is 5.49.